The molecule has 5 heteroatoms. The molecule has 3 rings (SSSR count). The zero-order valence-electron chi connectivity index (χ0n) is 12.5. The number of hydrogen-bond acceptors (Lipinski definition) is 3. The van der Waals surface area contributed by atoms with Gasteiger partial charge >= 0.3 is 6.03 Å². The summed E-state index contributed by atoms with van der Waals surface area (Å²) in [5.41, 5.74) is 1.35. The van der Waals surface area contributed by atoms with Crippen LogP contribution in [0.2, 0.25) is 0 Å². The van der Waals surface area contributed by atoms with Crippen molar-refractivity contribution in [3.63, 3.8) is 0 Å². The Kier molecular flexibility index (Phi) is 4.72. The molecule has 2 aliphatic rings. The van der Waals surface area contributed by atoms with Crippen LogP contribution < -0.4 is 5.32 Å². The Labute approximate surface area is 126 Å². The summed E-state index contributed by atoms with van der Waals surface area (Å²) in [5, 5.41) is 3.29. The minimum absolute atomic E-state index is 0.218. The fourth-order valence-corrected chi connectivity index (χ4v) is 3.00. The first-order valence-electron chi connectivity index (χ1n) is 7.84. The highest BCUT2D eigenvalue weighted by atomic mass is 16.2. The number of nitrogens with zero attached hydrogens (tertiary/aromatic N) is 3. The number of rotatable bonds is 2. The van der Waals surface area contributed by atoms with Gasteiger partial charge in [0.2, 0.25) is 0 Å². The lowest BCUT2D eigenvalue weighted by Crippen LogP contribution is -2.56. The predicted molar refractivity (Wildman–Crippen MR) is 83.1 cm³/mol. The summed E-state index contributed by atoms with van der Waals surface area (Å²) in [4.78, 5) is 18.8. The number of benzene rings is 1. The van der Waals surface area contributed by atoms with E-state index in [0.717, 1.165) is 58.9 Å². The number of amides is 2. The second-order valence-electron chi connectivity index (χ2n) is 5.77. The molecule has 0 saturated carbocycles. The van der Waals surface area contributed by atoms with Crippen LogP contribution in [0.5, 0.6) is 0 Å². The van der Waals surface area contributed by atoms with Gasteiger partial charge in [-0.3, -0.25) is 4.90 Å². The number of urea groups is 1. The molecule has 114 valence electrons. The van der Waals surface area contributed by atoms with Gasteiger partial charge in [0, 0.05) is 58.9 Å². The van der Waals surface area contributed by atoms with Crippen LogP contribution in [0.3, 0.4) is 0 Å². The monoisotopic (exact) mass is 288 g/mol. The lowest BCUT2D eigenvalue weighted by molar-refractivity contribution is 0.106. The first kappa shape index (κ1) is 14.4. The Morgan fingerprint density at radius 1 is 0.905 bits per heavy atom. The van der Waals surface area contributed by atoms with Crippen LogP contribution in [0.15, 0.2) is 30.3 Å². The quantitative estimate of drug-likeness (QED) is 0.876. The van der Waals surface area contributed by atoms with Crippen LogP contribution in [-0.4, -0.2) is 73.1 Å². The molecule has 2 fully saturated rings. The zero-order valence-corrected chi connectivity index (χ0v) is 12.5. The van der Waals surface area contributed by atoms with Crippen LogP contribution in [-0.2, 0) is 6.54 Å². The normalized spacial score (nSPS) is 20.6. The Morgan fingerprint density at radius 2 is 1.52 bits per heavy atom. The van der Waals surface area contributed by atoms with Crippen molar-refractivity contribution < 1.29 is 4.79 Å². The first-order valence-corrected chi connectivity index (χ1v) is 7.84. The van der Waals surface area contributed by atoms with Crippen LogP contribution in [0.4, 0.5) is 4.79 Å². The highest BCUT2D eigenvalue weighted by molar-refractivity contribution is 5.74. The summed E-state index contributed by atoms with van der Waals surface area (Å²) in [6.45, 7) is 8.10. The SMILES string of the molecule is O=C(N1CCNCC1)N1CCN(Cc2ccccc2)CC1. The maximum Gasteiger partial charge on any atom is 0.320 e. The summed E-state index contributed by atoms with van der Waals surface area (Å²) in [5.74, 6) is 0. The van der Waals surface area contributed by atoms with E-state index in [0.29, 0.717) is 0 Å². The number of nitrogens with one attached hydrogen (secondary N) is 1. The molecule has 0 aromatic heterocycles. The third-order valence-corrected chi connectivity index (χ3v) is 4.28. The topological polar surface area (TPSA) is 38.8 Å². The van der Waals surface area contributed by atoms with E-state index in [-0.39, 0.29) is 6.03 Å². The highest BCUT2D eigenvalue weighted by Gasteiger charge is 2.25. The molecular formula is C16H24N4O. The number of piperazine rings is 2. The molecule has 2 amide bonds. The molecule has 0 atom stereocenters. The third kappa shape index (κ3) is 3.74. The minimum atomic E-state index is 0.218. The second-order valence-corrected chi connectivity index (χ2v) is 5.77. The molecule has 0 unspecified atom stereocenters. The van der Waals surface area contributed by atoms with Crippen molar-refractivity contribution in [3.05, 3.63) is 35.9 Å². The van der Waals surface area contributed by atoms with Crippen molar-refractivity contribution >= 4 is 6.03 Å². The van der Waals surface area contributed by atoms with Crippen molar-refractivity contribution in [2.24, 2.45) is 0 Å². The summed E-state index contributed by atoms with van der Waals surface area (Å²) in [6, 6.07) is 10.8. The fourth-order valence-electron chi connectivity index (χ4n) is 3.00. The summed E-state index contributed by atoms with van der Waals surface area (Å²) in [6.07, 6.45) is 0. The highest BCUT2D eigenvalue weighted by Crippen LogP contribution is 2.10. The Hall–Kier alpha value is -1.59. The van der Waals surface area contributed by atoms with Gasteiger partial charge in [-0.15, -0.1) is 0 Å². The van der Waals surface area contributed by atoms with E-state index in [1.807, 2.05) is 15.9 Å². The zero-order chi connectivity index (χ0) is 14.5. The predicted octanol–water partition coefficient (Wildman–Crippen LogP) is 0.829. The van der Waals surface area contributed by atoms with E-state index >= 15 is 0 Å². The van der Waals surface area contributed by atoms with E-state index in [9.17, 15) is 4.79 Å². The molecule has 1 N–H and O–H groups in total. The fraction of sp³-hybridized carbons (Fsp3) is 0.562. The van der Waals surface area contributed by atoms with Gasteiger partial charge in [-0.05, 0) is 5.56 Å². The third-order valence-electron chi connectivity index (χ3n) is 4.28. The summed E-state index contributed by atoms with van der Waals surface area (Å²) in [7, 11) is 0. The minimum Gasteiger partial charge on any atom is -0.322 e. The van der Waals surface area contributed by atoms with Gasteiger partial charge in [0.25, 0.3) is 0 Å². The molecule has 5 nitrogen and oxygen atoms in total. The number of hydrogen-bond donors (Lipinski definition) is 1. The van der Waals surface area contributed by atoms with Gasteiger partial charge in [-0.25, -0.2) is 4.79 Å². The van der Waals surface area contributed by atoms with Crippen molar-refractivity contribution in [3.8, 4) is 0 Å². The molecule has 1 aromatic rings. The van der Waals surface area contributed by atoms with Crippen molar-refractivity contribution in [1.29, 1.82) is 0 Å². The molecule has 0 bridgehead atoms. The van der Waals surface area contributed by atoms with Gasteiger partial charge in [0.15, 0.2) is 0 Å². The Morgan fingerprint density at radius 3 is 2.19 bits per heavy atom. The molecule has 0 radical (unpaired) electrons. The van der Waals surface area contributed by atoms with E-state index in [4.69, 9.17) is 0 Å². The van der Waals surface area contributed by atoms with Gasteiger partial charge in [0.1, 0.15) is 0 Å². The summed E-state index contributed by atoms with van der Waals surface area (Å²) < 4.78 is 0. The lowest BCUT2D eigenvalue weighted by atomic mass is 10.2. The van der Waals surface area contributed by atoms with Crippen LogP contribution in [0.25, 0.3) is 0 Å². The molecule has 2 aliphatic heterocycles. The standard InChI is InChI=1S/C16H24N4O/c21-16(19-8-6-17-7-9-19)20-12-10-18(11-13-20)14-15-4-2-1-3-5-15/h1-5,17H,6-14H2. The average Bonchev–Trinajstić information content (AvgIpc) is 2.57. The van der Waals surface area contributed by atoms with E-state index in [1.54, 1.807) is 0 Å². The van der Waals surface area contributed by atoms with Crippen molar-refractivity contribution in [2.75, 3.05) is 52.4 Å². The van der Waals surface area contributed by atoms with E-state index in [1.165, 1.54) is 5.56 Å². The molecule has 1 aromatic carbocycles. The molecule has 21 heavy (non-hydrogen) atoms. The number of carbonyl (C=O) groups is 1. The number of carbonyl (C=O) groups excluding carboxylic acids is 1. The molecule has 0 spiro atoms. The molecule has 0 aliphatic carbocycles. The van der Waals surface area contributed by atoms with Crippen molar-refractivity contribution in [2.45, 2.75) is 6.54 Å². The van der Waals surface area contributed by atoms with Crippen LogP contribution in [0, 0.1) is 0 Å². The maximum atomic E-state index is 12.4. The van der Waals surface area contributed by atoms with Crippen molar-refractivity contribution in [1.82, 2.24) is 20.0 Å². The lowest BCUT2D eigenvalue weighted by Gasteiger charge is -2.38. The van der Waals surface area contributed by atoms with Crippen LogP contribution >= 0.6 is 0 Å². The first-order chi connectivity index (χ1) is 10.3. The smallest absolute Gasteiger partial charge is 0.320 e. The molecule has 2 saturated heterocycles. The second kappa shape index (κ2) is 6.91. The molecule has 2 heterocycles. The van der Waals surface area contributed by atoms with Gasteiger partial charge in [-0.1, -0.05) is 30.3 Å². The Balaban J connectivity index is 1.47. The van der Waals surface area contributed by atoms with E-state index in [2.05, 4.69) is 34.5 Å². The van der Waals surface area contributed by atoms with E-state index < -0.39 is 0 Å². The van der Waals surface area contributed by atoms with Gasteiger partial charge in [0.05, 0.1) is 0 Å². The molecular weight excluding hydrogens is 264 g/mol. The van der Waals surface area contributed by atoms with Gasteiger partial charge in [-0.2, -0.15) is 0 Å². The van der Waals surface area contributed by atoms with Gasteiger partial charge < -0.3 is 15.1 Å². The Bertz CT molecular complexity index is 451. The largest absolute Gasteiger partial charge is 0.322 e. The average molecular weight is 288 g/mol. The summed E-state index contributed by atoms with van der Waals surface area (Å²) >= 11 is 0. The maximum absolute atomic E-state index is 12.4. The van der Waals surface area contributed by atoms with Crippen LogP contribution in [0.1, 0.15) is 5.56 Å².